The number of ether oxygens (including phenoxy) is 1. The van der Waals surface area contributed by atoms with Crippen LogP contribution in [0.4, 0.5) is 0 Å². The van der Waals surface area contributed by atoms with Crippen LogP contribution in [-0.4, -0.2) is 11.6 Å². The maximum atomic E-state index is 9.59. The number of rotatable bonds is 5. The van der Waals surface area contributed by atoms with E-state index < -0.39 is 0 Å². The van der Waals surface area contributed by atoms with E-state index in [1.165, 1.54) is 11.3 Å². The summed E-state index contributed by atoms with van der Waals surface area (Å²) < 4.78 is 5.62. The third-order valence-corrected chi connectivity index (χ3v) is 5.20. The van der Waals surface area contributed by atoms with Crippen LogP contribution in [0.3, 0.4) is 0 Å². The quantitative estimate of drug-likeness (QED) is 0.454. The van der Waals surface area contributed by atoms with Gasteiger partial charge in [0.25, 0.3) is 0 Å². The zero-order valence-corrected chi connectivity index (χ0v) is 16.2. The molecule has 0 bridgehead atoms. The minimum Gasteiger partial charge on any atom is -0.493 e. The van der Waals surface area contributed by atoms with Gasteiger partial charge in [-0.3, -0.25) is 0 Å². The van der Waals surface area contributed by atoms with Crippen molar-refractivity contribution < 1.29 is 4.74 Å². The van der Waals surface area contributed by atoms with Gasteiger partial charge in [0.05, 0.1) is 27.9 Å². The molecule has 2 aromatic carbocycles. The van der Waals surface area contributed by atoms with Gasteiger partial charge < -0.3 is 4.74 Å². The van der Waals surface area contributed by atoms with Crippen LogP contribution in [0, 0.1) is 11.3 Å². The summed E-state index contributed by atoms with van der Waals surface area (Å²) in [7, 11) is 0. The second kappa shape index (κ2) is 8.37. The van der Waals surface area contributed by atoms with Crippen molar-refractivity contribution in [1.82, 2.24) is 4.98 Å². The molecule has 6 heteroatoms. The second-order valence-corrected chi connectivity index (χ2v) is 6.98. The van der Waals surface area contributed by atoms with Crippen LogP contribution in [0.2, 0.25) is 10.0 Å². The van der Waals surface area contributed by atoms with Crippen molar-refractivity contribution in [3.05, 3.63) is 68.5 Å². The summed E-state index contributed by atoms with van der Waals surface area (Å²) in [6.45, 7) is 2.49. The van der Waals surface area contributed by atoms with E-state index in [0.717, 1.165) is 22.6 Å². The Morgan fingerprint density at radius 3 is 2.77 bits per heavy atom. The zero-order chi connectivity index (χ0) is 18.5. The fourth-order valence-electron chi connectivity index (χ4n) is 2.37. The molecule has 0 radical (unpaired) electrons. The van der Waals surface area contributed by atoms with E-state index in [1.54, 1.807) is 18.2 Å². The smallest absolute Gasteiger partial charge is 0.134 e. The Hall–Kier alpha value is -2.32. The first-order valence-electron chi connectivity index (χ1n) is 7.87. The molecule has 0 atom stereocenters. The molecule has 3 nitrogen and oxygen atoms in total. The van der Waals surface area contributed by atoms with Crippen LogP contribution in [0.5, 0.6) is 5.75 Å². The predicted molar refractivity (Wildman–Crippen MR) is 109 cm³/mol. The SMILES string of the molecule is CCOc1ccccc1/C=C(\C#N)c1nc(-c2ccc(Cl)c(Cl)c2)cs1. The molecule has 1 aromatic heterocycles. The minimum absolute atomic E-state index is 0.473. The summed E-state index contributed by atoms with van der Waals surface area (Å²) in [5.74, 6) is 0.740. The Morgan fingerprint density at radius 1 is 1.23 bits per heavy atom. The summed E-state index contributed by atoms with van der Waals surface area (Å²) in [5.41, 5.74) is 2.93. The maximum absolute atomic E-state index is 9.59. The van der Waals surface area contributed by atoms with E-state index >= 15 is 0 Å². The van der Waals surface area contributed by atoms with Crippen LogP contribution < -0.4 is 4.74 Å². The molecule has 1 heterocycles. The number of hydrogen-bond donors (Lipinski definition) is 0. The molecule has 0 saturated carbocycles. The fourth-order valence-corrected chi connectivity index (χ4v) is 3.46. The lowest BCUT2D eigenvalue weighted by Gasteiger charge is -2.06. The van der Waals surface area contributed by atoms with E-state index in [-0.39, 0.29) is 0 Å². The van der Waals surface area contributed by atoms with Crippen LogP contribution in [0.25, 0.3) is 22.9 Å². The van der Waals surface area contributed by atoms with Crippen molar-refractivity contribution >= 4 is 46.2 Å². The molecule has 0 unspecified atom stereocenters. The molecule has 0 aliphatic heterocycles. The number of benzene rings is 2. The summed E-state index contributed by atoms with van der Waals surface area (Å²) in [5, 5.41) is 13.1. The normalized spacial score (nSPS) is 11.2. The molecule has 0 amide bonds. The molecule has 130 valence electrons. The zero-order valence-electron chi connectivity index (χ0n) is 13.9. The summed E-state index contributed by atoms with van der Waals surface area (Å²) in [4.78, 5) is 4.58. The maximum Gasteiger partial charge on any atom is 0.134 e. The largest absolute Gasteiger partial charge is 0.493 e. The summed E-state index contributed by atoms with van der Waals surface area (Å²) in [6, 6.07) is 15.2. The van der Waals surface area contributed by atoms with Crippen molar-refractivity contribution in [2.75, 3.05) is 6.61 Å². The third-order valence-electron chi connectivity index (χ3n) is 3.59. The number of nitrogens with zero attached hydrogens (tertiary/aromatic N) is 2. The third kappa shape index (κ3) is 4.08. The Labute approximate surface area is 166 Å². The van der Waals surface area contributed by atoms with Crippen molar-refractivity contribution in [3.63, 3.8) is 0 Å². The van der Waals surface area contributed by atoms with E-state index in [2.05, 4.69) is 11.1 Å². The summed E-state index contributed by atoms with van der Waals surface area (Å²) >= 11 is 13.5. The Balaban J connectivity index is 1.96. The molecule has 26 heavy (non-hydrogen) atoms. The highest BCUT2D eigenvalue weighted by atomic mass is 35.5. The number of aromatic nitrogens is 1. The molecule has 3 aromatic rings. The van der Waals surface area contributed by atoms with Gasteiger partial charge in [-0.25, -0.2) is 4.98 Å². The second-order valence-electron chi connectivity index (χ2n) is 5.31. The number of allylic oxidation sites excluding steroid dienone is 1. The monoisotopic (exact) mass is 400 g/mol. The first-order chi connectivity index (χ1) is 12.6. The van der Waals surface area contributed by atoms with Crippen molar-refractivity contribution in [2.24, 2.45) is 0 Å². The van der Waals surface area contributed by atoms with Gasteiger partial charge in [-0.15, -0.1) is 11.3 Å². The molecular weight excluding hydrogens is 387 g/mol. The average molecular weight is 401 g/mol. The topological polar surface area (TPSA) is 45.9 Å². The van der Waals surface area contributed by atoms with Gasteiger partial charge in [0, 0.05) is 16.5 Å². The van der Waals surface area contributed by atoms with Gasteiger partial charge in [-0.1, -0.05) is 47.5 Å². The molecule has 0 spiro atoms. The van der Waals surface area contributed by atoms with E-state index in [4.69, 9.17) is 27.9 Å². The van der Waals surface area contributed by atoms with E-state index in [9.17, 15) is 5.26 Å². The van der Waals surface area contributed by atoms with Crippen LogP contribution in [0.1, 0.15) is 17.5 Å². The van der Waals surface area contributed by atoms with Gasteiger partial charge in [0.15, 0.2) is 0 Å². The molecule has 0 fully saturated rings. The molecule has 0 aliphatic carbocycles. The Bertz CT molecular complexity index is 1010. The molecule has 3 rings (SSSR count). The molecular formula is C20H14Cl2N2OS. The summed E-state index contributed by atoms with van der Waals surface area (Å²) in [6.07, 6.45) is 1.79. The highest BCUT2D eigenvalue weighted by molar-refractivity contribution is 7.11. The molecule has 0 aliphatic rings. The lowest BCUT2D eigenvalue weighted by molar-refractivity contribution is 0.339. The van der Waals surface area contributed by atoms with Gasteiger partial charge in [0.2, 0.25) is 0 Å². The highest BCUT2D eigenvalue weighted by Crippen LogP contribution is 2.32. The number of nitriles is 1. The number of thiazole rings is 1. The van der Waals surface area contributed by atoms with E-state index in [0.29, 0.717) is 27.2 Å². The average Bonchev–Trinajstić information content (AvgIpc) is 3.13. The fraction of sp³-hybridized carbons (Fsp3) is 0.100. The lowest BCUT2D eigenvalue weighted by atomic mass is 10.1. The minimum atomic E-state index is 0.473. The van der Waals surface area contributed by atoms with Crippen molar-refractivity contribution in [3.8, 4) is 23.1 Å². The predicted octanol–water partition coefficient (Wildman–Crippen LogP) is 6.58. The van der Waals surface area contributed by atoms with Crippen molar-refractivity contribution in [1.29, 1.82) is 5.26 Å². The van der Waals surface area contributed by atoms with Crippen LogP contribution in [-0.2, 0) is 0 Å². The lowest BCUT2D eigenvalue weighted by Crippen LogP contribution is -1.93. The molecule has 0 saturated heterocycles. The Morgan fingerprint density at radius 2 is 2.04 bits per heavy atom. The van der Waals surface area contributed by atoms with Gasteiger partial charge in [0.1, 0.15) is 16.8 Å². The van der Waals surface area contributed by atoms with Crippen LogP contribution in [0.15, 0.2) is 47.8 Å². The Kier molecular flexibility index (Phi) is 5.95. The van der Waals surface area contributed by atoms with Crippen LogP contribution >= 0.6 is 34.5 Å². The standard InChI is InChI=1S/C20H14Cl2N2OS/c1-2-25-19-6-4-3-5-14(19)9-15(11-23)20-24-18(12-26-20)13-7-8-16(21)17(22)10-13/h3-10,12H,2H2,1H3/b15-9+. The first-order valence-corrected chi connectivity index (χ1v) is 9.51. The van der Waals surface area contributed by atoms with Gasteiger partial charge >= 0.3 is 0 Å². The first kappa shape index (κ1) is 18.5. The van der Waals surface area contributed by atoms with Gasteiger partial charge in [-0.2, -0.15) is 5.26 Å². The number of halogens is 2. The van der Waals surface area contributed by atoms with E-state index in [1.807, 2.05) is 42.6 Å². The number of hydrogen-bond acceptors (Lipinski definition) is 4. The highest BCUT2D eigenvalue weighted by Gasteiger charge is 2.11. The van der Waals surface area contributed by atoms with Gasteiger partial charge in [-0.05, 0) is 31.2 Å². The number of para-hydroxylation sites is 1. The van der Waals surface area contributed by atoms with Crippen molar-refractivity contribution in [2.45, 2.75) is 6.92 Å². The molecule has 0 N–H and O–H groups in total.